The molecule has 3 rings (SSSR count). The molecule has 0 aromatic heterocycles. The summed E-state index contributed by atoms with van der Waals surface area (Å²) in [4.78, 5) is 27.3. The largest absolute Gasteiger partial charge is 0.357 e. The Balaban J connectivity index is 2.00. The number of benzene rings is 3. The van der Waals surface area contributed by atoms with Gasteiger partial charge in [0.05, 0.1) is 10.6 Å². The summed E-state index contributed by atoms with van der Waals surface area (Å²) in [5.74, 6) is -1.41. The highest BCUT2D eigenvalue weighted by Gasteiger charge is 2.32. The predicted molar refractivity (Wildman–Crippen MR) is 133 cm³/mol. The van der Waals surface area contributed by atoms with Crippen LogP contribution in [0.1, 0.15) is 18.1 Å². The number of hydrogen-bond acceptors (Lipinski definition) is 4. The highest BCUT2D eigenvalue weighted by Crippen LogP contribution is 2.25. The fourth-order valence-electron chi connectivity index (χ4n) is 3.54. The standard InChI is InChI=1S/C26H28FN3O4S/c1-19-9-15-23(16-10-19)30(35(33,34)24-7-5-4-6-8-24)18-25(31)29(20(2)26(32)28-3)17-21-11-13-22(27)14-12-21/h4-16,20H,17-18H2,1-3H3,(H,28,32). The minimum Gasteiger partial charge on any atom is -0.357 e. The van der Waals surface area contributed by atoms with Crippen molar-refractivity contribution in [2.45, 2.75) is 31.3 Å². The molecule has 0 aliphatic carbocycles. The highest BCUT2D eigenvalue weighted by atomic mass is 32.2. The molecule has 3 aromatic carbocycles. The normalized spacial score (nSPS) is 12.0. The van der Waals surface area contributed by atoms with Crippen molar-refractivity contribution in [1.82, 2.24) is 10.2 Å². The van der Waals surface area contributed by atoms with Crippen LogP contribution in [0.15, 0.2) is 83.8 Å². The number of nitrogens with one attached hydrogen (secondary N) is 1. The summed E-state index contributed by atoms with van der Waals surface area (Å²) in [5.41, 5.74) is 1.86. The molecule has 0 radical (unpaired) electrons. The van der Waals surface area contributed by atoms with Crippen LogP contribution in [0.2, 0.25) is 0 Å². The van der Waals surface area contributed by atoms with E-state index < -0.39 is 40.2 Å². The van der Waals surface area contributed by atoms with E-state index in [0.29, 0.717) is 11.3 Å². The van der Waals surface area contributed by atoms with E-state index in [4.69, 9.17) is 0 Å². The molecular formula is C26H28FN3O4S. The number of hydrogen-bond donors (Lipinski definition) is 1. The van der Waals surface area contributed by atoms with Crippen molar-refractivity contribution in [3.05, 3.63) is 95.8 Å². The molecule has 2 amide bonds. The van der Waals surface area contributed by atoms with E-state index in [1.54, 1.807) is 49.4 Å². The zero-order valence-corrected chi connectivity index (χ0v) is 20.6. The molecule has 1 atom stereocenters. The minimum atomic E-state index is -4.09. The van der Waals surface area contributed by atoms with Crippen LogP contribution in [0.5, 0.6) is 0 Å². The van der Waals surface area contributed by atoms with Crippen LogP contribution in [-0.2, 0) is 26.2 Å². The Morgan fingerprint density at radius 2 is 1.54 bits per heavy atom. The molecule has 0 saturated heterocycles. The first-order chi connectivity index (χ1) is 16.6. The predicted octanol–water partition coefficient (Wildman–Crippen LogP) is 3.49. The summed E-state index contributed by atoms with van der Waals surface area (Å²) in [5, 5.41) is 2.52. The highest BCUT2D eigenvalue weighted by molar-refractivity contribution is 7.92. The van der Waals surface area contributed by atoms with Crippen molar-refractivity contribution in [1.29, 1.82) is 0 Å². The SMILES string of the molecule is CNC(=O)C(C)N(Cc1ccc(F)cc1)C(=O)CN(c1ccc(C)cc1)S(=O)(=O)c1ccccc1. The Hall–Kier alpha value is -3.72. The summed E-state index contributed by atoms with van der Waals surface area (Å²) in [7, 11) is -2.63. The van der Waals surface area contributed by atoms with Crippen molar-refractivity contribution >= 4 is 27.5 Å². The molecule has 35 heavy (non-hydrogen) atoms. The van der Waals surface area contributed by atoms with Crippen LogP contribution in [0.25, 0.3) is 0 Å². The molecule has 0 spiro atoms. The van der Waals surface area contributed by atoms with Crippen molar-refractivity contribution in [3.8, 4) is 0 Å². The van der Waals surface area contributed by atoms with Crippen LogP contribution in [0.3, 0.4) is 0 Å². The van der Waals surface area contributed by atoms with Gasteiger partial charge in [0.25, 0.3) is 10.0 Å². The van der Waals surface area contributed by atoms with E-state index in [1.807, 2.05) is 6.92 Å². The molecule has 0 saturated carbocycles. The molecule has 0 aliphatic heterocycles. The third kappa shape index (κ3) is 6.24. The van der Waals surface area contributed by atoms with Gasteiger partial charge >= 0.3 is 0 Å². The lowest BCUT2D eigenvalue weighted by molar-refractivity contribution is -0.139. The summed E-state index contributed by atoms with van der Waals surface area (Å²) < 4.78 is 41.6. The number of halogens is 1. The van der Waals surface area contributed by atoms with Gasteiger partial charge in [0, 0.05) is 13.6 Å². The first-order valence-corrected chi connectivity index (χ1v) is 12.5. The van der Waals surface area contributed by atoms with E-state index in [-0.39, 0.29) is 11.4 Å². The smallest absolute Gasteiger partial charge is 0.264 e. The molecule has 7 nitrogen and oxygen atoms in total. The number of nitrogens with zero attached hydrogens (tertiary/aromatic N) is 2. The maximum absolute atomic E-state index is 13.6. The molecular weight excluding hydrogens is 469 g/mol. The average Bonchev–Trinajstić information content (AvgIpc) is 2.87. The fourth-order valence-corrected chi connectivity index (χ4v) is 4.97. The maximum atomic E-state index is 13.6. The van der Waals surface area contributed by atoms with E-state index in [9.17, 15) is 22.4 Å². The number of likely N-dealkylation sites (N-methyl/N-ethyl adjacent to an activating group) is 1. The first kappa shape index (κ1) is 25.9. The molecule has 0 bridgehead atoms. The van der Waals surface area contributed by atoms with Crippen molar-refractivity contribution < 1.29 is 22.4 Å². The van der Waals surface area contributed by atoms with Gasteiger partial charge in [-0.25, -0.2) is 12.8 Å². The van der Waals surface area contributed by atoms with Crippen LogP contribution in [0, 0.1) is 12.7 Å². The Labute approximate surface area is 205 Å². The van der Waals surface area contributed by atoms with E-state index >= 15 is 0 Å². The van der Waals surface area contributed by atoms with Gasteiger partial charge in [-0.3, -0.25) is 13.9 Å². The molecule has 0 aliphatic rings. The Morgan fingerprint density at radius 3 is 2.11 bits per heavy atom. The van der Waals surface area contributed by atoms with Crippen molar-refractivity contribution in [2.24, 2.45) is 0 Å². The van der Waals surface area contributed by atoms with Crippen molar-refractivity contribution in [3.63, 3.8) is 0 Å². The maximum Gasteiger partial charge on any atom is 0.264 e. The van der Waals surface area contributed by atoms with Crippen LogP contribution < -0.4 is 9.62 Å². The van der Waals surface area contributed by atoms with Gasteiger partial charge in [0.15, 0.2) is 0 Å². The second-order valence-corrected chi connectivity index (χ2v) is 9.96. The Bertz CT molecular complexity index is 1260. The van der Waals surface area contributed by atoms with Gasteiger partial charge in [0.2, 0.25) is 11.8 Å². The lowest BCUT2D eigenvalue weighted by Gasteiger charge is -2.31. The quantitative estimate of drug-likeness (QED) is 0.490. The minimum absolute atomic E-state index is 0.000816. The fraction of sp³-hybridized carbons (Fsp3) is 0.231. The number of amides is 2. The van der Waals surface area contributed by atoms with Gasteiger partial charge in [-0.05, 0) is 55.8 Å². The zero-order valence-electron chi connectivity index (χ0n) is 19.8. The molecule has 9 heteroatoms. The molecule has 0 heterocycles. The third-order valence-corrected chi connectivity index (χ3v) is 7.40. The van der Waals surface area contributed by atoms with Gasteiger partial charge in [-0.2, -0.15) is 0 Å². The topological polar surface area (TPSA) is 86.8 Å². The van der Waals surface area contributed by atoms with Crippen LogP contribution >= 0.6 is 0 Å². The van der Waals surface area contributed by atoms with Gasteiger partial charge in [0.1, 0.15) is 18.4 Å². The summed E-state index contributed by atoms with van der Waals surface area (Å²) in [6.07, 6.45) is 0. The van der Waals surface area contributed by atoms with Crippen molar-refractivity contribution in [2.75, 3.05) is 17.9 Å². The Kier molecular flexibility index (Phi) is 8.24. The lowest BCUT2D eigenvalue weighted by atomic mass is 10.1. The summed E-state index contributed by atoms with van der Waals surface area (Å²) in [6, 6.07) is 19.3. The van der Waals surface area contributed by atoms with Gasteiger partial charge < -0.3 is 10.2 Å². The summed E-state index contributed by atoms with van der Waals surface area (Å²) >= 11 is 0. The number of carbonyl (C=O) groups is 2. The van der Waals surface area contributed by atoms with Gasteiger partial charge in [-0.15, -0.1) is 0 Å². The second kappa shape index (κ2) is 11.1. The van der Waals surface area contributed by atoms with E-state index in [1.165, 1.54) is 48.3 Å². The van der Waals surface area contributed by atoms with E-state index in [0.717, 1.165) is 9.87 Å². The molecule has 1 N–H and O–H groups in total. The lowest BCUT2D eigenvalue weighted by Crippen LogP contribution is -2.50. The first-order valence-electron chi connectivity index (χ1n) is 11.0. The molecule has 0 fully saturated rings. The monoisotopic (exact) mass is 497 g/mol. The second-order valence-electron chi connectivity index (χ2n) is 8.10. The van der Waals surface area contributed by atoms with Crippen LogP contribution in [0.4, 0.5) is 10.1 Å². The molecule has 184 valence electrons. The third-order valence-electron chi connectivity index (χ3n) is 5.61. The van der Waals surface area contributed by atoms with Crippen LogP contribution in [-0.4, -0.2) is 44.8 Å². The molecule has 1 unspecified atom stereocenters. The Morgan fingerprint density at radius 1 is 0.943 bits per heavy atom. The number of aryl methyl sites for hydroxylation is 1. The number of sulfonamides is 1. The number of rotatable bonds is 9. The average molecular weight is 498 g/mol. The van der Waals surface area contributed by atoms with E-state index in [2.05, 4.69) is 5.32 Å². The van der Waals surface area contributed by atoms with Gasteiger partial charge in [-0.1, -0.05) is 48.0 Å². The summed E-state index contributed by atoms with van der Waals surface area (Å²) in [6.45, 7) is 2.91. The number of anilines is 1. The number of carbonyl (C=O) groups excluding carboxylic acids is 2. The zero-order chi connectivity index (χ0) is 25.6. The molecule has 3 aromatic rings.